The van der Waals surface area contributed by atoms with Gasteiger partial charge in [-0.1, -0.05) is 121 Å². The summed E-state index contributed by atoms with van der Waals surface area (Å²) in [7, 11) is 3.94. The summed E-state index contributed by atoms with van der Waals surface area (Å²) in [6, 6.07) is 50.9. The minimum absolute atomic E-state index is 0.0242. The lowest BCUT2D eigenvalue weighted by Gasteiger charge is -2.23. The minimum atomic E-state index is -0.247. The lowest BCUT2D eigenvalue weighted by molar-refractivity contribution is 0.620. The number of aryl methyl sites for hydroxylation is 2. The molecule has 8 nitrogen and oxygen atoms in total. The Balaban J connectivity index is 0.000000167. The van der Waals surface area contributed by atoms with Crippen molar-refractivity contribution in [2.24, 2.45) is 0 Å². The number of aromatic nitrogens is 4. The average Bonchev–Trinajstić information content (AvgIpc) is 3.20. The van der Waals surface area contributed by atoms with Crippen LogP contribution in [-0.2, 0) is 0 Å². The zero-order chi connectivity index (χ0) is 37.8. The predicted octanol–water partition coefficient (Wildman–Crippen LogP) is 8.33. The zero-order valence-electron chi connectivity index (χ0n) is 30.8. The SMILES string of the molecule is Cc1nc2ccc(N(C)C)cc2c(=O)n1C(c1ccccc1)c1ccccc1.Cc1nc2ccc(N)cc2c(=O)n1C(c1ccccc1)c1ccccc1. The van der Waals surface area contributed by atoms with Gasteiger partial charge in [0.1, 0.15) is 11.6 Å². The van der Waals surface area contributed by atoms with Gasteiger partial charge in [0.15, 0.2) is 0 Å². The quantitative estimate of drug-likeness (QED) is 0.167. The third kappa shape index (κ3) is 7.14. The van der Waals surface area contributed by atoms with E-state index in [9.17, 15) is 9.59 Å². The second kappa shape index (κ2) is 15.4. The summed E-state index contributed by atoms with van der Waals surface area (Å²) in [5.74, 6) is 1.37. The first-order valence-electron chi connectivity index (χ1n) is 17.9. The second-order valence-corrected chi connectivity index (χ2v) is 13.5. The molecule has 0 fully saturated rings. The number of hydrogen-bond donors (Lipinski definition) is 1. The number of nitrogens with zero attached hydrogens (tertiary/aromatic N) is 5. The molecule has 2 heterocycles. The van der Waals surface area contributed by atoms with Gasteiger partial charge in [0.25, 0.3) is 11.1 Å². The predicted molar refractivity (Wildman–Crippen MR) is 220 cm³/mol. The molecule has 0 unspecified atom stereocenters. The van der Waals surface area contributed by atoms with Crippen molar-refractivity contribution in [3.63, 3.8) is 0 Å². The van der Waals surface area contributed by atoms with Crippen molar-refractivity contribution in [3.05, 3.63) is 212 Å². The van der Waals surface area contributed by atoms with Gasteiger partial charge < -0.3 is 10.6 Å². The van der Waals surface area contributed by atoms with Crippen LogP contribution in [0.25, 0.3) is 21.8 Å². The van der Waals surface area contributed by atoms with Gasteiger partial charge in [-0.25, -0.2) is 9.97 Å². The lowest BCUT2D eigenvalue weighted by Crippen LogP contribution is -2.29. The van der Waals surface area contributed by atoms with E-state index >= 15 is 0 Å². The monoisotopic (exact) mass is 710 g/mol. The van der Waals surface area contributed by atoms with Crippen LogP contribution >= 0.6 is 0 Å². The average molecular weight is 711 g/mol. The number of nitrogens with two attached hydrogens (primary N) is 1. The van der Waals surface area contributed by atoms with E-state index in [1.807, 2.05) is 153 Å². The molecular formula is C46H42N6O2. The lowest BCUT2D eigenvalue weighted by atomic mass is 9.98. The molecule has 0 aliphatic carbocycles. The number of nitrogen functional groups attached to an aromatic ring is 1. The first kappa shape index (κ1) is 35.6. The molecule has 0 radical (unpaired) electrons. The highest BCUT2D eigenvalue weighted by Crippen LogP contribution is 2.29. The van der Waals surface area contributed by atoms with Crippen molar-refractivity contribution in [2.75, 3.05) is 24.7 Å². The summed E-state index contributed by atoms with van der Waals surface area (Å²) in [6.45, 7) is 3.77. The maximum atomic E-state index is 13.6. The second-order valence-electron chi connectivity index (χ2n) is 13.5. The molecule has 2 N–H and O–H groups in total. The van der Waals surface area contributed by atoms with Crippen LogP contribution in [0, 0.1) is 13.8 Å². The Morgan fingerprint density at radius 1 is 0.500 bits per heavy atom. The summed E-state index contributed by atoms with van der Waals surface area (Å²) in [6.07, 6.45) is 0. The Bertz CT molecular complexity index is 2580. The molecule has 268 valence electrons. The standard InChI is InChI=1S/C24H23N3O.C22H19N3O/c1-17-25-22-15-14-20(26(2)3)16-21(22)24(28)27(17)23(18-10-6-4-7-11-18)19-12-8-5-9-13-19;1-15-24-20-13-12-18(23)14-19(20)22(26)25(15)21(16-8-4-2-5-9-16)17-10-6-3-7-11-17/h4-16,23H,1-3H3;2-14,21H,23H2,1H3. The number of hydrogen-bond acceptors (Lipinski definition) is 6. The molecule has 2 aromatic heterocycles. The highest BCUT2D eigenvalue weighted by atomic mass is 16.1. The van der Waals surface area contributed by atoms with Gasteiger partial charge in [-0.3, -0.25) is 18.7 Å². The molecule has 0 amide bonds. The van der Waals surface area contributed by atoms with Crippen LogP contribution < -0.4 is 21.8 Å². The van der Waals surface area contributed by atoms with Crippen LogP contribution in [0.3, 0.4) is 0 Å². The minimum Gasteiger partial charge on any atom is -0.399 e. The highest BCUT2D eigenvalue weighted by molar-refractivity contribution is 5.82. The Morgan fingerprint density at radius 2 is 0.852 bits per heavy atom. The molecule has 8 rings (SSSR count). The first-order chi connectivity index (χ1) is 26.2. The van der Waals surface area contributed by atoms with Crippen molar-refractivity contribution in [3.8, 4) is 0 Å². The van der Waals surface area contributed by atoms with Crippen LogP contribution in [0.15, 0.2) is 167 Å². The Hall–Kier alpha value is -6.80. The van der Waals surface area contributed by atoms with Crippen molar-refractivity contribution in [1.82, 2.24) is 19.1 Å². The fourth-order valence-corrected chi connectivity index (χ4v) is 7.03. The van der Waals surface area contributed by atoms with E-state index in [0.29, 0.717) is 33.6 Å². The number of anilines is 2. The van der Waals surface area contributed by atoms with Crippen LogP contribution in [0.1, 0.15) is 46.0 Å². The van der Waals surface area contributed by atoms with E-state index in [1.165, 1.54) is 0 Å². The van der Waals surface area contributed by atoms with Gasteiger partial charge >= 0.3 is 0 Å². The molecule has 0 bridgehead atoms. The van der Waals surface area contributed by atoms with Crippen LogP contribution in [0.5, 0.6) is 0 Å². The number of benzene rings is 6. The van der Waals surface area contributed by atoms with E-state index < -0.39 is 0 Å². The zero-order valence-corrected chi connectivity index (χ0v) is 30.8. The summed E-state index contributed by atoms with van der Waals surface area (Å²) in [4.78, 5) is 38.4. The Labute approximate surface area is 314 Å². The first-order valence-corrected chi connectivity index (χ1v) is 17.9. The summed E-state index contributed by atoms with van der Waals surface area (Å²) in [5, 5.41) is 1.17. The topological polar surface area (TPSA) is 99.0 Å². The van der Waals surface area contributed by atoms with E-state index in [-0.39, 0.29) is 23.2 Å². The van der Waals surface area contributed by atoms with E-state index in [0.717, 1.165) is 33.5 Å². The molecule has 8 heteroatoms. The van der Waals surface area contributed by atoms with Gasteiger partial charge in [-0.05, 0) is 72.5 Å². The van der Waals surface area contributed by atoms with Gasteiger partial charge in [-0.15, -0.1) is 0 Å². The molecule has 0 aliphatic rings. The molecule has 6 aromatic carbocycles. The van der Waals surface area contributed by atoms with Gasteiger partial charge in [0.05, 0.1) is 33.9 Å². The highest BCUT2D eigenvalue weighted by Gasteiger charge is 2.23. The van der Waals surface area contributed by atoms with Crippen LogP contribution in [-0.4, -0.2) is 33.2 Å². The smallest absolute Gasteiger partial charge is 0.262 e. The normalized spacial score (nSPS) is 11.1. The molecule has 0 saturated heterocycles. The fraction of sp³-hybridized carbons (Fsp3) is 0.130. The Kier molecular flexibility index (Phi) is 10.2. The number of fused-ring (bicyclic) bond motifs is 2. The molecule has 0 atom stereocenters. The van der Waals surface area contributed by atoms with Crippen LogP contribution in [0.4, 0.5) is 11.4 Å². The van der Waals surface area contributed by atoms with E-state index in [1.54, 1.807) is 22.8 Å². The van der Waals surface area contributed by atoms with Crippen molar-refractivity contribution in [1.29, 1.82) is 0 Å². The van der Waals surface area contributed by atoms with Crippen molar-refractivity contribution < 1.29 is 0 Å². The van der Waals surface area contributed by atoms with Crippen molar-refractivity contribution >= 4 is 33.2 Å². The molecule has 8 aromatic rings. The van der Waals surface area contributed by atoms with Gasteiger partial charge in [0, 0.05) is 25.5 Å². The third-order valence-corrected chi connectivity index (χ3v) is 9.65. The number of rotatable bonds is 7. The van der Waals surface area contributed by atoms with Gasteiger partial charge in [0.2, 0.25) is 0 Å². The maximum absolute atomic E-state index is 13.6. The Morgan fingerprint density at radius 3 is 1.22 bits per heavy atom. The molecular weight excluding hydrogens is 669 g/mol. The van der Waals surface area contributed by atoms with Crippen LogP contribution in [0.2, 0.25) is 0 Å². The molecule has 54 heavy (non-hydrogen) atoms. The maximum Gasteiger partial charge on any atom is 0.262 e. The molecule has 0 spiro atoms. The summed E-state index contributed by atoms with van der Waals surface area (Å²) in [5.41, 5.74) is 12.9. The summed E-state index contributed by atoms with van der Waals surface area (Å²) < 4.78 is 3.57. The third-order valence-electron chi connectivity index (χ3n) is 9.65. The summed E-state index contributed by atoms with van der Waals surface area (Å²) >= 11 is 0. The fourth-order valence-electron chi connectivity index (χ4n) is 7.03. The molecule has 0 saturated carbocycles. The van der Waals surface area contributed by atoms with E-state index in [4.69, 9.17) is 10.7 Å². The largest absolute Gasteiger partial charge is 0.399 e. The molecule has 0 aliphatic heterocycles. The van der Waals surface area contributed by atoms with Gasteiger partial charge in [-0.2, -0.15) is 0 Å². The van der Waals surface area contributed by atoms with E-state index in [2.05, 4.69) is 29.2 Å². The van der Waals surface area contributed by atoms with Crippen molar-refractivity contribution in [2.45, 2.75) is 25.9 Å².